The van der Waals surface area contributed by atoms with Crippen molar-refractivity contribution in [1.29, 1.82) is 0 Å². The Bertz CT molecular complexity index is 1410. The van der Waals surface area contributed by atoms with Crippen LogP contribution in [0.5, 0.6) is 0 Å². The van der Waals surface area contributed by atoms with Crippen molar-refractivity contribution in [3.8, 4) is 16.9 Å². The fraction of sp³-hybridized carbons (Fsp3) is 0.0769. The van der Waals surface area contributed by atoms with Gasteiger partial charge in [-0.05, 0) is 24.3 Å². The van der Waals surface area contributed by atoms with Gasteiger partial charge in [-0.3, -0.25) is 20.4 Å². The monoisotopic (exact) mass is 450 g/mol. The van der Waals surface area contributed by atoms with Gasteiger partial charge in [0.25, 0.3) is 5.91 Å². The number of hydrogen-bond acceptors (Lipinski definition) is 4. The molecule has 0 spiro atoms. The SMILES string of the molecule is O=C(CCc1nc2ccccc2[nH]1)NNC(=O)c1cn(-c2ccccc2)nc1-c1ccccc1. The minimum Gasteiger partial charge on any atom is -0.342 e. The van der Waals surface area contributed by atoms with Gasteiger partial charge in [-0.15, -0.1) is 0 Å². The molecule has 0 bridgehead atoms. The first-order valence-electron chi connectivity index (χ1n) is 10.9. The molecule has 5 aromatic rings. The molecule has 0 atom stereocenters. The van der Waals surface area contributed by atoms with Crippen molar-refractivity contribution in [2.45, 2.75) is 12.8 Å². The molecule has 0 saturated heterocycles. The summed E-state index contributed by atoms with van der Waals surface area (Å²) in [5.41, 5.74) is 9.30. The minimum atomic E-state index is -0.446. The van der Waals surface area contributed by atoms with E-state index in [1.54, 1.807) is 10.9 Å². The van der Waals surface area contributed by atoms with Gasteiger partial charge in [0.05, 0.1) is 22.3 Å². The summed E-state index contributed by atoms with van der Waals surface area (Å²) in [5.74, 6) is -0.0400. The molecular weight excluding hydrogens is 428 g/mol. The first kappa shape index (κ1) is 21.1. The summed E-state index contributed by atoms with van der Waals surface area (Å²) in [7, 11) is 0. The number of nitrogens with zero attached hydrogens (tertiary/aromatic N) is 3. The van der Waals surface area contributed by atoms with E-state index in [9.17, 15) is 9.59 Å². The Balaban J connectivity index is 1.28. The first-order chi connectivity index (χ1) is 16.7. The lowest BCUT2D eigenvalue weighted by Gasteiger charge is -2.07. The summed E-state index contributed by atoms with van der Waals surface area (Å²) in [6, 6.07) is 26.7. The van der Waals surface area contributed by atoms with Gasteiger partial charge < -0.3 is 4.98 Å². The third-order valence-corrected chi connectivity index (χ3v) is 5.37. The molecule has 2 amide bonds. The van der Waals surface area contributed by atoms with Crippen molar-refractivity contribution in [3.05, 3.63) is 103 Å². The van der Waals surface area contributed by atoms with Crippen LogP contribution in [0.2, 0.25) is 0 Å². The van der Waals surface area contributed by atoms with Crippen molar-refractivity contribution in [3.63, 3.8) is 0 Å². The molecule has 0 aliphatic heterocycles. The molecule has 2 heterocycles. The van der Waals surface area contributed by atoms with Gasteiger partial charge in [-0.25, -0.2) is 9.67 Å². The highest BCUT2D eigenvalue weighted by Gasteiger charge is 2.19. The molecule has 3 aromatic carbocycles. The van der Waals surface area contributed by atoms with Gasteiger partial charge in [-0.2, -0.15) is 5.10 Å². The van der Waals surface area contributed by atoms with E-state index in [0.29, 0.717) is 17.7 Å². The van der Waals surface area contributed by atoms with Crippen LogP contribution in [0, 0.1) is 0 Å². The van der Waals surface area contributed by atoms with Crippen LogP contribution in [0.1, 0.15) is 22.6 Å². The number of imidazole rings is 1. The van der Waals surface area contributed by atoms with E-state index >= 15 is 0 Å². The summed E-state index contributed by atoms with van der Waals surface area (Å²) < 4.78 is 1.65. The topological polar surface area (TPSA) is 105 Å². The zero-order chi connectivity index (χ0) is 23.3. The van der Waals surface area contributed by atoms with Crippen LogP contribution in [-0.2, 0) is 11.2 Å². The fourth-order valence-electron chi connectivity index (χ4n) is 3.67. The maximum atomic E-state index is 13.0. The second kappa shape index (κ2) is 9.41. The van der Waals surface area contributed by atoms with Crippen LogP contribution < -0.4 is 10.9 Å². The Morgan fingerprint density at radius 3 is 2.32 bits per heavy atom. The van der Waals surface area contributed by atoms with Crippen LogP contribution in [-0.4, -0.2) is 31.6 Å². The predicted molar refractivity (Wildman–Crippen MR) is 129 cm³/mol. The molecule has 8 nitrogen and oxygen atoms in total. The van der Waals surface area contributed by atoms with Crippen molar-refractivity contribution >= 4 is 22.8 Å². The molecule has 0 fully saturated rings. The zero-order valence-electron chi connectivity index (χ0n) is 18.2. The van der Waals surface area contributed by atoms with Crippen LogP contribution in [0.25, 0.3) is 28.0 Å². The van der Waals surface area contributed by atoms with E-state index in [0.717, 1.165) is 28.1 Å². The summed E-state index contributed by atoms with van der Waals surface area (Å²) in [6.07, 6.45) is 2.26. The van der Waals surface area contributed by atoms with E-state index in [1.807, 2.05) is 84.9 Å². The second-order valence-electron chi connectivity index (χ2n) is 7.74. The number of fused-ring (bicyclic) bond motifs is 1. The number of amides is 2. The van der Waals surface area contributed by atoms with E-state index in [4.69, 9.17) is 0 Å². The smallest absolute Gasteiger partial charge is 0.273 e. The highest BCUT2D eigenvalue weighted by Crippen LogP contribution is 2.23. The Morgan fingerprint density at radius 2 is 1.56 bits per heavy atom. The third kappa shape index (κ3) is 4.56. The molecule has 0 saturated carbocycles. The lowest BCUT2D eigenvalue weighted by Crippen LogP contribution is -2.41. The van der Waals surface area contributed by atoms with Gasteiger partial charge >= 0.3 is 0 Å². The van der Waals surface area contributed by atoms with E-state index in [2.05, 4.69) is 25.9 Å². The predicted octanol–water partition coefficient (Wildman–Crippen LogP) is 3.81. The number of aromatic amines is 1. The molecule has 0 radical (unpaired) electrons. The number of carbonyl (C=O) groups is 2. The summed E-state index contributed by atoms with van der Waals surface area (Å²) >= 11 is 0. The van der Waals surface area contributed by atoms with Gasteiger partial charge in [0, 0.05) is 24.6 Å². The molecule has 168 valence electrons. The largest absolute Gasteiger partial charge is 0.342 e. The zero-order valence-corrected chi connectivity index (χ0v) is 18.2. The lowest BCUT2D eigenvalue weighted by atomic mass is 10.1. The van der Waals surface area contributed by atoms with E-state index in [1.165, 1.54) is 0 Å². The number of H-pyrrole nitrogens is 1. The van der Waals surface area contributed by atoms with Gasteiger partial charge in [0.1, 0.15) is 11.5 Å². The summed E-state index contributed by atoms with van der Waals surface area (Å²) in [4.78, 5) is 33.0. The second-order valence-corrected chi connectivity index (χ2v) is 7.74. The minimum absolute atomic E-state index is 0.176. The van der Waals surface area contributed by atoms with Crippen molar-refractivity contribution in [2.75, 3.05) is 0 Å². The maximum Gasteiger partial charge on any atom is 0.273 e. The van der Waals surface area contributed by atoms with Gasteiger partial charge in [0.2, 0.25) is 5.91 Å². The summed E-state index contributed by atoms with van der Waals surface area (Å²) in [6.45, 7) is 0. The molecule has 8 heteroatoms. The quantitative estimate of drug-likeness (QED) is 0.342. The molecule has 0 aliphatic carbocycles. The van der Waals surface area contributed by atoms with Crippen molar-refractivity contribution < 1.29 is 9.59 Å². The van der Waals surface area contributed by atoms with Crippen molar-refractivity contribution in [1.82, 2.24) is 30.6 Å². The van der Waals surface area contributed by atoms with Crippen LogP contribution >= 0.6 is 0 Å². The molecule has 0 aliphatic rings. The third-order valence-electron chi connectivity index (χ3n) is 5.37. The summed E-state index contributed by atoms with van der Waals surface area (Å²) in [5, 5.41) is 4.63. The van der Waals surface area contributed by atoms with Gasteiger partial charge in [0.15, 0.2) is 0 Å². The van der Waals surface area contributed by atoms with E-state index in [-0.39, 0.29) is 12.3 Å². The number of para-hydroxylation sites is 3. The number of aryl methyl sites for hydroxylation is 1. The highest BCUT2D eigenvalue weighted by molar-refractivity contribution is 6.00. The standard InChI is InChI=1S/C26H22N6O2/c33-24(16-15-23-27-21-13-7-8-14-22(21)28-23)29-30-26(34)20-17-32(19-11-5-2-6-12-19)31-25(20)18-9-3-1-4-10-18/h1-14,17H,15-16H2,(H,27,28)(H,29,33)(H,30,34). The number of benzene rings is 3. The number of hydrogen-bond donors (Lipinski definition) is 3. The Labute approximate surface area is 195 Å². The number of nitrogens with one attached hydrogen (secondary N) is 3. The molecular formula is C26H22N6O2. The Morgan fingerprint density at radius 1 is 0.853 bits per heavy atom. The molecule has 3 N–H and O–H groups in total. The Kier molecular flexibility index (Phi) is 5.85. The molecule has 5 rings (SSSR count). The van der Waals surface area contributed by atoms with E-state index < -0.39 is 5.91 Å². The highest BCUT2D eigenvalue weighted by atomic mass is 16.2. The number of carbonyl (C=O) groups excluding carboxylic acids is 2. The Hall–Kier alpha value is -4.72. The van der Waals surface area contributed by atoms with Crippen LogP contribution in [0.15, 0.2) is 91.1 Å². The van der Waals surface area contributed by atoms with Crippen molar-refractivity contribution in [2.24, 2.45) is 0 Å². The first-order valence-corrected chi connectivity index (χ1v) is 10.9. The average Bonchev–Trinajstić information content (AvgIpc) is 3.52. The molecule has 2 aromatic heterocycles. The molecule has 0 unspecified atom stereocenters. The average molecular weight is 451 g/mol. The molecule has 34 heavy (non-hydrogen) atoms. The number of hydrazine groups is 1. The fourth-order valence-corrected chi connectivity index (χ4v) is 3.67. The number of rotatable bonds is 6. The van der Waals surface area contributed by atoms with Gasteiger partial charge in [-0.1, -0.05) is 60.7 Å². The maximum absolute atomic E-state index is 13.0. The normalized spacial score (nSPS) is 10.8. The lowest BCUT2D eigenvalue weighted by molar-refractivity contribution is -0.121. The number of aromatic nitrogens is 4. The van der Waals surface area contributed by atoms with Crippen LogP contribution in [0.4, 0.5) is 0 Å². The van der Waals surface area contributed by atoms with Crippen LogP contribution in [0.3, 0.4) is 0 Å².